The average molecular weight is 741 g/mol. The minimum Gasteiger partial charge on any atom is -0.378 e. The van der Waals surface area contributed by atoms with Crippen molar-refractivity contribution < 1.29 is 14.4 Å². The van der Waals surface area contributed by atoms with Crippen LogP contribution >= 0.6 is 39.0 Å². The van der Waals surface area contributed by atoms with Crippen molar-refractivity contribution in [3.05, 3.63) is 130 Å². The van der Waals surface area contributed by atoms with Crippen molar-refractivity contribution in [2.24, 2.45) is 0 Å². The van der Waals surface area contributed by atoms with E-state index in [0.717, 1.165) is 31.9 Å². The second-order valence-corrected chi connectivity index (χ2v) is 13.9. The third kappa shape index (κ3) is 9.43. The van der Waals surface area contributed by atoms with E-state index in [-0.39, 0.29) is 16.9 Å². The van der Waals surface area contributed by atoms with Crippen LogP contribution in [0, 0.1) is 0 Å². The maximum atomic E-state index is 13.6. The minimum atomic E-state index is -0.478. The van der Waals surface area contributed by atoms with E-state index < -0.39 is 11.8 Å². The lowest BCUT2D eigenvalue weighted by Crippen LogP contribution is -2.30. The summed E-state index contributed by atoms with van der Waals surface area (Å²) in [4.78, 5) is 47.3. The molecular weight excluding hydrogens is 706 g/mol. The maximum absolute atomic E-state index is 13.6. The van der Waals surface area contributed by atoms with Gasteiger partial charge in [-0.2, -0.15) is 0 Å². The molecule has 1 unspecified atom stereocenters. The fraction of sp³-hybridized carbons (Fsp3) is 0.135. The molecule has 0 fully saturated rings. The van der Waals surface area contributed by atoms with Gasteiger partial charge in [-0.05, 0) is 72.7 Å². The largest absolute Gasteiger partial charge is 0.378 e. The molecule has 11 heteroatoms. The molecule has 3 amide bonds. The molecule has 0 saturated carbocycles. The Hall–Kier alpha value is -4.71. The Balaban J connectivity index is 1.28. The quantitative estimate of drug-likeness (QED) is 0.0876. The van der Waals surface area contributed by atoms with Gasteiger partial charge in [0.15, 0.2) is 5.13 Å². The standard InChI is InChI=1S/C37H34BrN5O3S2/c1-4-33(36(46)42-37-41-32(23-47-37)25-15-17-27(38)18-16-25)48-30-12-8-11-28(22-30)39-35(45)31(40-34(44)26-9-6-5-7-10-26)21-24-13-19-29(20-14-24)43(2)3/h5-23,33H,4H2,1-3H3,(H,39,45)(H,40,44)(H,41,42,46)/b31-21+. The molecule has 48 heavy (non-hydrogen) atoms. The van der Waals surface area contributed by atoms with Gasteiger partial charge in [0.05, 0.1) is 10.9 Å². The molecule has 3 N–H and O–H groups in total. The van der Waals surface area contributed by atoms with E-state index in [4.69, 9.17) is 0 Å². The van der Waals surface area contributed by atoms with Crippen molar-refractivity contribution in [1.29, 1.82) is 0 Å². The highest BCUT2D eigenvalue weighted by molar-refractivity contribution is 9.10. The van der Waals surface area contributed by atoms with Crippen molar-refractivity contribution in [2.75, 3.05) is 29.6 Å². The van der Waals surface area contributed by atoms with E-state index in [9.17, 15) is 14.4 Å². The summed E-state index contributed by atoms with van der Waals surface area (Å²) in [6.07, 6.45) is 2.23. The van der Waals surface area contributed by atoms with Gasteiger partial charge in [-0.15, -0.1) is 23.1 Å². The molecule has 1 heterocycles. The summed E-state index contributed by atoms with van der Waals surface area (Å²) in [6, 6.07) is 31.5. The molecule has 244 valence electrons. The summed E-state index contributed by atoms with van der Waals surface area (Å²) >= 11 is 6.23. The Labute approximate surface area is 296 Å². The topological polar surface area (TPSA) is 103 Å². The zero-order valence-corrected chi connectivity index (χ0v) is 29.8. The van der Waals surface area contributed by atoms with E-state index in [1.807, 2.05) is 104 Å². The second-order valence-electron chi connectivity index (χ2n) is 10.9. The van der Waals surface area contributed by atoms with Crippen molar-refractivity contribution in [3.63, 3.8) is 0 Å². The van der Waals surface area contributed by atoms with Crippen molar-refractivity contribution >= 4 is 79.3 Å². The molecule has 5 aromatic rings. The molecule has 8 nitrogen and oxygen atoms in total. The molecule has 0 radical (unpaired) electrons. The van der Waals surface area contributed by atoms with Crippen LogP contribution in [0.15, 0.2) is 124 Å². The van der Waals surface area contributed by atoms with Crippen LogP contribution < -0.4 is 20.9 Å². The number of amides is 3. The van der Waals surface area contributed by atoms with E-state index in [1.54, 1.807) is 36.4 Å². The van der Waals surface area contributed by atoms with Crippen LogP contribution in [0.4, 0.5) is 16.5 Å². The summed E-state index contributed by atoms with van der Waals surface area (Å²) < 4.78 is 0.985. The molecule has 4 aromatic carbocycles. The number of halogens is 1. The Bertz CT molecular complexity index is 1910. The molecule has 1 atom stereocenters. The summed E-state index contributed by atoms with van der Waals surface area (Å²) in [5.74, 6) is -1.02. The summed E-state index contributed by atoms with van der Waals surface area (Å²) in [7, 11) is 3.90. The average Bonchev–Trinajstić information content (AvgIpc) is 3.56. The van der Waals surface area contributed by atoms with Gasteiger partial charge in [-0.1, -0.05) is 71.4 Å². The molecule has 1 aromatic heterocycles. The van der Waals surface area contributed by atoms with Crippen molar-refractivity contribution in [2.45, 2.75) is 23.5 Å². The van der Waals surface area contributed by atoms with Crippen LogP contribution in [0.2, 0.25) is 0 Å². The smallest absolute Gasteiger partial charge is 0.272 e. The van der Waals surface area contributed by atoms with Gasteiger partial charge >= 0.3 is 0 Å². The normalized spacial score (nSPS) is 11.8. The number of thiazole rings is 1. The van der Waals surface area contributed by atoms with Gasteiger partial charge < -0.3 is 20.9 Å². The Kier molecular flexibility index (Phi) is 11.8. The molecule has 0 bridgehead atoms. The molecule has 5 rings (SSSR count). The lowest BCUT2D eigenvalue weighted by molar-refractivity contribution is -0.116. The van der Waals surface area contributed by atoms with Gasteiger partial charge in [0.25, 0.3) is 11.8 Å². The number of hydrogen-bond acceptors (Lipinski definition) is 7. The lowest BCUT2D eigenvalue weighted by Gasteiger charge is -2.15. The Morgan fingerprint density at radius 1 is 0.917 bits per heavy atom. The minimum absolute atomic E-state index is 0.0938. The van der Waals surface area contributed by atoms with Gasteiger partial charge in [-0.25, -0.2) is 4.98 Å². The first-order valence-electron chi connectivity index (χ1n) is 15.1. The van der Waals surface area contributed by atoms with E-state index in [2.05, 4.69) is 36.9 Å². The van der Waals surface area contributed by atoms with Crippen LogP contribution in [0.3, 0.4) is 0 Å². The molecule has 0 aliphatic heterocycles. The fourth-order valence-electron chi connectivity index (χ4n) is 4.58. The first-order valence-corrected chi connectivity index (χ1v) is 17.7. The number of benzene rings is 4. The summed E-state index contributed by atoms with van der Waals surface area (Å²) in [6.45, 7) is 1.95. The number of thioether (sulfide) groups is 1. The van der Waals surface area contributed by atoms with Crippen molar-refractivity contribution in [1.82, 2.24) is 10.3 Å². The Morgan fingerprint density at radius 2 is 1.65 bits per heavy atom. The molecular formula is C37H34BrN5O3S2. The monoisotopic (exact) mass is 739 g/mol. The highest BCUT2D eigenvalue weighted by atomic mass is 79.9. The fourth-order valence-corrected chi connectivity index (χ4v) is 6.58. The lowest BCUT2D eigenvalue weighted by atomic mass is 10.1. The van der Waals surface area contributed by atoms with Crippen LogP contribution in [0.1, 0.15) is 29.3 Å². The number of rotatable bonds is 12. The van der Waals surface area contributed by atoms with Crippen LogP contribution in [-0.4, -0.2) is 42.1 Å². The third-order valence-electron chi connectivity index (χ3n) is 7.16. The van der Waals surface area contributed by atoms with Gasteiger partial charge in [0.2, 0.25) is 5.91 Å². The van der Waals surface area contributed by atoms with E-state index in [1.165, 1.54) is 23.1 Å². The molecule has 0 aliphatic rings. The SMILES string of the molecule is CCC(Sc1cccc(NC(=O)/C(=C\c2ccc(N(C)C)cc2)NC(=O)c2ccccc2)c1)C(=O)Nc1nc(-c2ccc(Br)cc2)cs1. The predicted molar refractivity (Wildman–Crippen MR) is 202 cm³/mol. The highest BCUT2D eigenvalue weighted by Gasteiger charge is 2.21. The predicted octanol–water partition coefficient (Wildman–Crippen LogP) is 8.56. The number of anilines is 3. The molecule has 0 spiro atoms. The number of carbonyl (C=O) groups is 3. The first kappa shape index (κ1) is 34.6. The zero-order valence-electron chi connectivity index (χ0n) is 26.6. The number of nitrogens with one attached hydrogen (secondary N) is 3. The number of hydrogen-bond donors (Lipinski definition) is 3. The van der Waals surface area contributed by atoms with Crippen LogP contribution in [-0.2, 0) is 9.59 Å². The summed E-state index contributed by atoms with van der Waals surface area (Å²) in [5.41, 5.74) is 4.59. The van der Waals surface area contributed by atoms with Gasteiger partial charge in [0.1, 0.15) is 5.70 Å². The number of nitrogens with zero attached hydrogens (tertiary/aromatic N) is 2. The molecule has 0 saturated heterocycles. The highest BCUT2D eigenvalue weighted by Crippen LogP contribution is 2.31. The maximum Gasteiger partial charge on any atom is 0.272 e. The number of aromatic nitrogens is 1. The first-order chi connectivity index (χ1) is 23.2. The van der Waals surface area contributed by atoms with Gasteiger partial charge in [0, 0.05) is 51.3 Å². The second kappa shape index (κ2) is 16.4. The number of carbonyl (C=O) groups excluding carboxylic acids is 3. The van der Waals surface area contributed by atoms with Crippen LogP contribution in [0.25, 0.3) is 17.3 Å². The van der Waals surface area contributed by atoms with E-state index >= 15 is 0 Å². The Morgan fingerprint density at radius 3 is 2.33 bits per heavy atom. The zero-order chi connectivity index (χ0) is 34.0. The molecule has 0 aliphatic carbocycles. The van der Waals surface area contributed by atoms with E-state index in [0.29, 0.717) is 22.8 Å². The van der Waals surface area contributed by atoms with Gasteiger partial charge in [-0.3, -0.25) is 14.4 Å². The van der Waals surface area contributed by atoms with Crippen LogP contribution in [0.5, 0.6) is 0 Å². The third-order valence-corrected chi connectivity index (χ3v) is 9.80. The van der Waals surface area contributed by atoms with Crippen molar-refractivity contribution in [3.8, 4) is 11.3 Å². The summed E-state index contributed by atoms with van der Waals surface area (Å²) in [5, 5.41) is 10.7.